The number of carbonyl (C=O) groups is 1. The molecule has 1 rings (SSSR count). The summed E-state index contributed by atoms with van der Waals surface area (Å²) < 4.78 is 5.46. The van der Waals surface area contributed by atoms with E-state index in [1.54, 1.807) is 0 Å². The number of carbonyl (C=O) groups excluding carboxylic acids is 1. The van der Waals surface area contributed by atoms with Crippen molar-refractivity contribution in [2.45, 2.75) is 51.7 Å². The SMILES string of the molecule is CCC(C)(C)NC(=O)CNCC1CCCO1.Cl. The second kappa shape index (κ2) is 7.90. The highest BCUT2D eigenvalue weighted by molar-refractivity contribution is 5.85. The lowest BCUT2D eigenvalue weighted by Gasteiger charge is -2.24. The number of rotatable bonds is 6. The van der Waals surface area contributed by atoms with Gasteiger partial charge in [0.15, 0.2) is 0 Å². The second-order valence-electron chi connectivity index (χ2n) is 5.05. The highest BCUT2D eigenvalue weighted by atomic mass is 35.5. The Bertz CT molecular complexity index is 229. The molecule has 1 aliphatic rings. The van der Waals surface area contributed by atoms with Crippen LogP contribution in [0.4, 0.5) is 0 Å². The Morgan fingerprint density at radius 1 is 1.47 bits per heavy atom. The molecule has 1 aliphatic heterocycles. The monoisotopic (exact) mass is 264 g/mol. The molecule has 0 saturated carbocycles. The van der Waals surface area contributed by atoms with Crippen LogP contribution in [0.15, 0.2) is 0 Å². The summed E-state index contributed by atoms with van der Waals surface area (Å²) in [4.78, 5) is 11.6. The normalized spacial score (nSPS) is 19.8. The Hall–Kier alpha value is -0.320. The van der Waals surface area contributed by atoms with E-state index in [-0.39, 0.29) is 23.9 Å². The van der Waals surface area contributed by atoms with Gasteiger partial charge >= 0.3 is 0 Å². The molecular weight excluding hydrogens is 240 g/mol. The van der Waals surface area contributed by atoms with Crippen molar-refractivity contribution in [1.82, 2.24) is 10.6 Å². The minimum Gasteiger partial charge on any atom is -0.377 e. The van der Waals surface area contributed by atoms with Gasteiger partial charge in [0.25, 0.3) is 0 Å². The van der Waals surface area contributed by atoms with E-state index in [2.05, 4.69) is 17.6 Å². The Kier molecular flexibility index (Phi) is 7.75. The topological polar surface area (TPSA) is 50.4 Å². The molecule has 2 N–H and O–H groups in total. The molecule has 1 fully saturated rings. The Labute approximate surface area is 110 Å². The Balaban J connectivity index is 0.00000256. The molecule has 0 aromatic rings. The summed E-state index contributed by atoms with van der Waals surface area (Å²) in [7, 11) is 0. The molecule has 0 aromatic carbocycles. The number of nitrogens with one attached hydrogen (secondary N) is 2. The lowest BCUT2D eigenvalue weighted by Crippen LogP contribution is -2.47. The van der Waals surface area contributed by atoms with Crippen LogP contribution >= 0.6 is 12.4 Å². The van der Waals surface area contributed by atoms with Crippen molar-refractivity contribution < 1.29 is 9.53 Å². The van der Waals surface area contributed by atoms with Crippen molar-refractivity contribution in [2.24, 2.45) is 0 Å². The van der Waals surface area contributed by atoms with E-state index in [1.165, 1.54) is 0 Å². The minimum absolute atomic E-state index is 0. The molecular formula is C12H25ClN2O2. The lowest BCUT2D eigenvalue weighted by molar-refractivity contribution is -0.121. The number of halogens is 1. The highest BCUT2D eigenvalue weighted by Gasteiger charge is 2.18. The van der Waals surface area contributed by atoms with Crippen LogP contribution < -0.4 is 10.6 Å². The minimum atomic E-state index is -0.109. The van der Waals surface area contributed by atoms with E-state index in [4.69, 9.17) is 4.74 Å². The molecule has 4 nitrogen and oxygen atoms in total. The summed E-state index contributed by atoms with van der Waals surface area (Å²) in [5.74, 6) is 0.0600. The van der Waals surface area contributed by atoms with Crippen molar-refractivity contribution >= 4 is 18.3 Å². The molecule has 1 heterocycles. The quantitative estimate of drug-likeness (QED) is 0.764. The average molecular weight is 265 g/mol. The third-order valence-corrected chi connectivity index (χ3v) is 3.04. The van der Waals surface area contributed by atoms with E-state index >= 15 is 0 Å². The summed E-state index contributed by atoms with van der Waals surface area (Å²) in [5, 5.41) is 6.13. The van der Waals surface area contributed by atoms with Crippen molar-refractivity contribution in [1.29, 1.82) is 0 Å². The van der Waals surface area contributed by atoms with Crippen molar-refractivity contribution in [3.05, 3.63) is 0 Å². The number of hydrogen-bond donors (Lipinski definition) is 2. The first-order valence-corrected chi connectivity index (χ1v) is 6.17. The fourth-order valence-corrected chi connectivity index (χ4v) is 1.66. The van der Waals surface area contributed by atoms with Gasteiger partial charge in [-0.05, 0) is 33.1 Å². The third-order valence-electron chi connectivity index (χ3n) is 3.04. The van der Waals surface area contributed by atoms with Gasteiger partial charge in [0.1, 0.15) is 0 Å². The van der Waals surface area contributed by atoms with E-state index in [0.717, 1.165) is 32.4 Å². The van der Waals surface area contributed by atoms with Gasteiger partial charge < -0.3 is 15.4 Å². The molecule has 1 unspecified atom stereocenters. The first kappa shape index (κ1) is 16.7. The first-order chi connectivity index (χ1) is 7.53. The highest BCUT2D eigenvalue weighted by Crippen LogP contribution is 2.10. The van der Waals surface area contributed by atoms with Gasteiger partial charge in [-0.25, -0.2) is 0 Å². The third kappa shape index (κ3) is 6.86. The summed E-state index contributed by atoms with van der Waals surface area (Å²) in [6.07, 6.45) is 3.48. The summed E-state index contributed by atoms with van der Waals surface area (Å²) in [5.41, 5.74) is -0.109. The zero-order chi connectivity index (χ0) is 12.0. The maximum absolute atomic E-state index is 11.6. The van der Waals surface area contributed by atoms with Crippen LogP contribution in [0, 0.1) is 0 Å². The maximum atomic E-state index is 11.6. The molecule has 17 heavy (non-hydrogen) atoms. The summed E-state index contributed by atoms with van der Waals surface area (Å²) >= 11 is 0. The van der Waals surface area contributed by atoms with Crippen LogP contribution in [-0.4, -0.2) is 37.2 Å². The average Bonchev–Trinajstić information content (AvgIpc) is 2.70. The Morgan fingerprint density at radius 3 is 2.71 bits per heavy atom. The van der Waals surface area contributed by atoms with Gasteiger partial charge in [-0.1, -0.05) is 6.92 Å². The fraction of sp³-hybridized carbons (Fsp3) is 0.917. The lowest BCUT2D eigenvalue weighted by atomic mass is 10.0. The number of amides is 1. The number of ether oxygens (including phenoxy) is 1. The summed E-state index contributed by atoms with van der Waals surface area (Å²) in [6, 6.07) is 0. The number of hydrogen-bond acceptors (Lipinski definition) is 3. The van der Waals surface area contributed by atoms with Crippen LogP contribution in [0.5, 0.6) is 0 Å². The standard InChI is InChI=1S/C12H24N2O2.ClH/c1-4-12(2,3)14-11(15)9-13-8-10-6-5-7-16-10;/h10,13H,4-9H2,1-3H3,(H,14,15);1H. The van der Waals surface area contributed by atoms with Gasteiger partial charge in [-0.2, -0.15) is 0 Å². The van der Waals surface area contributed by atoms with Gasteiger partial charge in [-0.3, -0.25) is 4.79 Å². The van der Waals surface area contributed by atoms with Crippen molar-refractivity contribution in [3.8, 4) is 0 Å². The second-order valence-corrected chi connectivity index (χ2v) is 5.05. The molecule has 0 aromatic heterocycles. The van der Waals surface area contributed by atoms with Gasteiger partial charge in [0.05, 0.1) is 12.6 Å². The van der Waals surface area contributed by atoms with Crippen LogP contribution in [0.2, 0.25) is 0 Å². The van der Waals surface area contributed by atoms with Crippen LogP contribution in [-0.2, 0) is 9.53 Å². The van der Waals surface area contributed by atoms with Gasteiger partial charge in [0, 0.05) is 18.7 Å². The van der Waals surface area contributed by atoms with E-state index < -0.39 is 0 Å². The largest absolute Gasteiger partial charge is 0.377 e. The van der Waals surface area contributed by atoms with Crippen molar-refractivity contribution in [2.75, 3.05) is 19.7 Å². The molecule has 1 atom stereocenters. The van der Waals surface area contributed by atoms with E-state index in [0.29, 0.717) is 12.6 Å². The van der Waals surface area contributed by atoms with Gasteiger partial charge in [-0.15, -0.1) is 12.4 Å². The molecule has 0 aliphatic carbocycles. The predicted octanol–water partition coefficient (Wildman–Crippen LogP) is 1.48. The first-order valence-electron chi connectivity index (χ1n) is 6.17. The predicted molar refractivity (Wildman–Crippen MR) is 71.6 cm³/mol. The van der Waals surface area contributed by atoms with Crippen LogP contribution in [0.25, 0.3) is 0 Å². The molecule has 0 radical (unpaired) electrons. The zero-order valence-corrected chi connectivity index (χ0v) is 11.9. The molecule has 0 bridgehead atoms. The van der Waals surface area contributed by atoms with Gasteiger partial charge in [0.2, 0.25) is 5.91 Å². The molecule has 1 amide bonds. The van der Waals surface area contributed by atoms with E-state index in [9.17, 15) is 4.79 Å². The molecule has 0 spiro atoms. The molecule has 1 saturated heterocycles. The van der Waals surface area contributed by atoms with E-state index in [1.807, 2.05) is 13.8 Å². The van der Waals surface area contributed by atoms with Crippen LogP contribution in [0.3, 0.4) is 0 Å². The Morgan fingerprint density at radius 2 is 2.18 bits per heavy atom. The fourth-order valence-electron chi connectivity index (χ4n) is 1.66. The van der Waals surface area contributed by atoms with Crippen LogP contribution in [0.1, 0.15) is 40.0 Å². The summed E-state index contributed by atoms with van der Waals surface area (Å²) in [6.45, 7) is 8.15. The molecule has 5 heteroatoms. The maximum Gasteiger partial charge on any atom is 0.234 e. The smallest absolute Gasteiger partial charge is 0.234 e. The molecule has 102 valence electrons. The van der Waals surface area contributed by atoms with Crippen molar-refractivity contribution in [3.63, 3.8) is 0 Å². The zero-order valence-electron chi connectivity index (χ0n) is 11.0.